The van der Waals surface area contributed by atoms with Crippen molar-refractivity contribution in [1.29, 1.82) is 0 Å². The van der Waals surface area contributed by atoms with E-state index in [1.165, 1.54) is 0 Å². The van der Waals surface area contributed by atoms with Gasteiger partial charge in [0.05, 0.1) is 10.0 Å². The van der Waals surface area contributed by atoms with Crippen molar-refractivity contribution in [2.75, 3.05) is 0 Å². The highest BCUT2D eigenvalue weighted by molar-refractivity contribution is 9.11. The van der Waals surface area contributed by atoms with E-state index in [2.05, 4.69) is 15.9 Å². The second-order valence-electron chi connectivity index (χ2n) is 2.98. The van der Waals surface area contributed by atoms with Gasteiger partial charge in [-0.1, -0.05) is 0 Å². The molecule has 2 heterocycles. The standard InChI is InChI=1S/C10H9BrO2S/c1-6-7(5-9(11)14-6)10(12)8-3-2-4-13-8/h2-5,10,12H,1H3. The Morgan fingerprint density at radius 1 is 1.57 bits per heavy atom. The minimum absolute atomic E-state index is 0.582. The zero-order chi connectivity index (χ0) is 10.1. The van der Waals surface area contributed by atoms with Crippen LogP contribution in [-0.2, 0) is 0 Å². The average molecular weight is 273 g/mol. The van der Waals surface area contributed by atoms with Crippen molar-refractivity contribution in [3.8, 4) is 0 Å². The first-order valence-electron chi connectivity index (χ1n) is 4.16. The van der Waals surface area contributed by atoms with Crippen LogP contribution in [-0.4, -0.2) is 5.11 Å². The van der Waals surface area contributed by atoms with Crippen molar-refractivity contribution in [1.82, 2.24) is 0 Å². The molecule has 0 amide bonds. The topological polar surface area (TPSA) is 33.4 Å². The van der Waals surface area contributed by atoms with E-state index in [1.807, 2.05) is 13.0 Å². The van der Waals surface area contributed by atoms with Crippen LogP contribution in [0.3, 0.4) is 0 Å². The molecular weight excluding hydrogens is 264 g/mol. The lowest BCUT2D eigenvalue weighted by Crippen LogP contribution is -1.97. The highest BCUT2D eigenvalue weighted by Crippen LogP contribution is 2.33. The van der Waals surface area contributed by atoms with Crippen LogP contribution in [0.4, 0.5) is 0 Å². The summed E-state index contributed by atoms with van der Waals surface area (Å²) in [7, 11) is 0. The molecule has 1 atom stereocenters. The summed E-state index contributed by atoms with van der Waals surface area (Å²) >= 11 is 5.00. The number of rotatable bonds is 2. The molecule has 1 unspecified atom stereocenters. The molecule has 0 fully saturated rings. The first kappa shape index (κ1) is 9.96. The number of aliphatic hydroxyl groups is 1. The van der Waals surface area contributed by atoms with Gasteiger partial charge in [0, 0.05) is 10.4 Å². The molecule has 4 heteroatoms. The smallest absolute Gasteiger partial charge is 0.138 e. The molecule has 0 radical (unpaired) electrons. The van der Waals surface area contributed by atoms with Gasteiger partial charge in [-0.2, -0.15) is 0 Å². The fourth-order valence-corrected chi connectivity index (χ4v) is 3.07. The third-order valence-corrected chi connectivity index (χ3v) is 3.60. The first-order chi connectivity index (χ1) is 6.68. The van der Waals surface area contributed by atoms with E-state index in [0.29, 0.717) is 5.76 Å². The molecule has 0 aliphatic heterocycles. The lowest BCUT2D eigenvalue weighted by molar-refractivity contribution is 0.189. The van der Waals surface area contributed by atoms with Crippen molar-refractivity contribution >= 4 is 27.3 Å². The summed E-state index contributed by atoms with van der Waals surface area (Å²) in [6.07, 6.45) is 0.905. The maximum atomic E-state index is 9.97. The van der Waals surface area contributed by atoms with Crippen LogP contribution in [0.2, 0.25) is 0 Å². The van der Waals surface area contributed by atoms with Gasteiger partial charge < -0.3 is 9.52 Å². The summed E-state index contributed by atoms with van der Waals surface area (Å²) in [4.78, 5) is 1.10. The van der Waals surface area contributed by atoms with Gasteiger partial charge in [-0.3, -0.25) is 0 Å². The van der Waals surface area contributed by atoms with E-state index >= 15 is 0 Å². The van der Waals surface area contributed by atoms with Gasteiger partial charge in [0.1, 0.15) is 11.9 Å². The Bertz CT molecular complexity index is 419. The number of furan rings is 1. The molecule has 1 N–H and O–H groups in total. The van der Waals surface area contributed by atoms with Crippen molar-refractivity contribution in [2.24, 2.45) is 0 Å². The second kappa shape index (κ2) is 3.88. The summed E-state index contributed by atoms with van der Waals surface area (Å²) in [6, 6.07) is 5.47. The molecule has 0 aliphatic carbocycles. The summed E-state index contributed by atoms with van der Waals surface area (Å²) in [5.41, 5.74) is 0.900. The van der Waals surface area contributed by atoms with Gasteiger partial charge in [-0.25, -0.2) is 0 Å². The van der Waals surface area contributed by atoms with E-state index in [-0.39, 0.29) is 0 Å². The number of aryl methyl sites for hydroxylation is 1. The Balaban J connectivity index is 2.36. The second-order valence-corrected chi connectivity index (χ2v) is 5.62. The molecule has 0 spiro atoms. The predicted octanol–water partition coefficient (Wildman–Crippen LogP) is 3.49. The maximum absolute atomic E-state index is 9.97. The zero-order valence-corrected chi connectivity index (χ0v) is 9.93. The lowest BCUT2D eigenvalue weighted by atomic mass is 10.1. The number of thiophene rings is 1. The van der Waals surface area contributed by atoms with Crippen LogP contribution in [0.1, 0.15) is 22.3 Å². The SMILES string of the molecule is Cc1sc(Br)cc1C(O)c1ccco1. The van der Waals surface area contributed by atoms with Crippen LogP contribution in [0.15, 0.2) is 32.7 Å². The maximum Gasteiger partial charge on any atom is 0.138 e. The zero-order valence-electron chi connectivity index (χ0n) is 7.53. The van der Waals surface area contributed by atoms with E-state index in [0.717, 1.165) is 14.2 Å². The molecule has 0 aromatic carbocycles. The first-order valence-corrected chi connectivity index (χ1v) is 5.76. The van der Waals surface area contributed by atoms with E-state index in [9.17, 15) is 5.11 Å². The largest absolute Gasteiger partial charge is 0.466 e. The molecule has 0 bridgehead atoms. The number of halogens is 1. The van der Waals surface area contributed by atoms with Crippen LogP contribution in [0, 0.1) is 6.92 Å². The Kier molecular flexibility index (Phi) is 2.76. The van der Waals surface area contributed by atoms with Gasteiger partial charge in [0.25, 0.3) is 0 Å². The van der Waals surface area contributed by atoms with Crippen LogP contribution >= 0.6 is 27.3 Å². The van der Waals surface area contributed by atoms with Crippen molar-refractivity contribution in [2.45, 2.75) is 13.0 Å². The van der Waals surface area contributed by atoms with Gasteiger partial charge in [0.15, 0.2) is 0 Å². The monoisotopic (exact) mass is 272 g/mol. The van der Waals surface area contributed by atoms with Gasteiger partial charge >= 0.3 is 0 Å². The third-order valence-electron chi connectivity index (χ3n) is 2.03. The van der Waals surface area contributed by atoms with Crippen molar-refractivity contribution < 1.29 is 9.52 Å². The Morgan fingerprint density at radius 3 is 2.86 bits per heavy atom. The molecule has 0 saturated carbocycles. The minimum atomic E-state index is -0.660. The molecule has 2 aromatic rings. The fraction of sp³-hybridized carbons (Fsp3) is 0.200. The minimum Gasteiger partial charge on any atom is -0.466 e. The quantitative estimate of drug-likeness (QED) is 0.908. The predicted molar refractivity (Wildman–Crippen MR) is 59.5 cm³/mol. The highest BCUT2D eigenvalue weighted by atomic mass is 79.9. The van der Waals surface area contributed by atoms with E-state index in [4.69, 9.17) is 4.42 Å². The van der Waals surface area contributed by atoms with Crippen molar-refractivity contribution in [3.63, 3.8) is 0 Å². The molecule has 0 saturated heterocycles. The molecule has 14 heavy (non-hydrogen) atoms. The van der Waals surface area contributed by atoms with E-state index in [1.54, 1.807) is 29.7 Å². The van der Waals surface area contributed by atoms with E-state index < -0.39 is 6.10 Å². The van der Waals surface area contributed by atoms with Crippen LogP contribution in [0.5, 0.6) is 0 Å². The average Bonchev–Trinajstić information content (AvgIpc) is 2.73. The Morgan fingerprint density at radius 2 is 2.36 bits per heavy atom. The summed E-state index contributed by atoms with van der Waals surface area (Å²) in [5, 5.41) is 9.97. The molecule has 2 rings (SSSR count). The van der Waals surface area contributed by atoms with Crippen molar-refractivity contribution in [3.05, 3.63) is 44.4 Å². The third kappa shape index (κ3) is 1.78. The Hall–Kier alpha value is -0.580. The summed E-state index contributed by atoms with van der Waals surface area (Å²) in [5.74, 6) is 0.582. The Labute approximate surface area is 94.3 Å². The molecule has 74 valence electrons. The van der Waals surface area contributed by atoms with Gasteiger partial charge in [0.2, 0.25) is 0 Å². The number of aliphatic hydroxyl groups excluding tert-OH is 1. The van der Waals surface area contributed by atoms with Gasteiger partial charge in [-0.05, 0) is 41.1 Å². The molecule has 2 aromatic heterocycles. The van der Waals surface area contributed by atoms with Crippen LogP contribution in [0.25, 0.3) is 0 Å². The lowest BCUT2D eigenvalue weighted by Gasteiger charge is -2.06. The number of hydrogen-bond acceptors (Lipinski definition) is 3. The fourth-order valence-electron chi connectivity index (χ4n) is 1.33. The normalized spacial score (nSPS) is 13.1. The highest BCUT2D eigenvalue weighted by Gasteiger charge is 2.17. The van der Waals surface area contributed by atoms with Crippen LogP contribution < -0.4 is 0 Å². The molecular formula is C10H9BrO2S. The van der Waals surface area contributed by atoms with Gasteiger partial charge in [-0.15, -0.1) is 11.3 Å². The number of hydrogen-bond donors (Lipinski definition) is 1. The summed E-state index contributed by atoms with van der Waals surface area (Å²) < 4.78 is 6.18. The summed E-state index contributed by atoms with van der Waals surface area (Å²) in [6.45, 7) is 1.98. The molecule has 2 nitrogen and oxygen atoms in total. The molecule has 0 aliphatic rings.